The maximum atomic E-state index is 11.8. The standard InChI is InChI=1S/C8H9N5O4/c1-12-6(15)4-5(10-7(12)16)11-8(17)13(4)2-3(9)14/h2H2,1H3,(H2,9,14)(H,10,16)(H,11,17). The summed E-state index contributed by atoms with van der Waals surface area (Å²) in [5, 5.41) is 0. The first kappa shape index (κ1) is 10.9. The number of carbonyl (C=O) groups excluding carboxylic acids is 1. The molecular weight excluding hydrogens is 230 g/mol. The minimum atomic E-state index is -0.763. The average Bonchev–Trinajstić information content (AvgIpc) is 2.51. The fourth-order valence-corrected chi connectivity index (χ4v) is 1.53. The van der Waals surface area contributed by atoms with Gasteiger partial charge in [-0.25, -0.2) is 9.59 Å². The molecule has 0 aliphatic heterocycles. The van der Waals surface area contributed by atoms with Crippen molar-refractivity contribution >= 4 is 17.1 Å². The quantitative estimate of drug-likeness (QED) is 0.521. The van der Waals surface area contributed by atoms with Crippen LogP contribution < -0.4 is 22.7 Å². The SMILES string of the molecule is Cn1c(=O)[nH]c2[nH]c(=O)n(CC(N)=O)c2c1=O. The van der Waals surface area contributed by atoms with Crippen LogP contribution >= 0.6 is 0 Å². The topological polar surface area (TPSA) is 136 Å². The molecule has 0 aromatic carbocycles. The fraction of sp³-hybridized carbons (Fsp3) is 0.250. The summed E-state index contributed by atoms with van der Waals surface area (Å²) >= 11 is 0. The number of imidazole rings is 1. The number of aromatic nitrogens is 4. The van der Waals surface area contributed by atoms with Gasteiger partial charge >= 0.3 is 11.4 Å². The van der Waals surface area contributed by atoms with Gasteiger partial charge in [0, 0.05) is 7.05 Å². The molecular formula is C8H9N5O4. The van der Waals surface area contributed by atoms with E-state index in [1.165, 1.54) is 7.05 Å². The van der Waals surface area contributed by atoms with Crippen LogP contribution in [0.5, 0.6) is 0 Å². The lowest BCUT2D eigenvalue weighted by Crippen LogP contribution is -2.34. The number of aromatic amines is 2. The Bertz CT molecular complexity index is 774. The number of nitrogens with two attached hydrogens (primary N) is 1. The highest BCUT2D eigenvalue weighted by Gasteiger charge is 2.14. The third-order valence-electron chi connectivity index (χ3n) is 2.34. The summed E-state index contributed by atoms with van der Waals surface area (Å²) in [6.45, 7) is -0.430. The monoisotopic (exact) mass is 239 g/mol. The van der Waals surface area contributed by atoms with Crippen LogP contribution in [0.1, 0.15) is 0 Å². The van der Waals surface area contributed by atoms with Crippen LogP contribution in [0.25, 0.3) is 11.2 Å². The minimum absolute atomic E-state index is 0.0237. The molecule has 17 heavy (non-hydrogen) atoms. The first-order valence-corrected chi connectivity index (χ1v) is 4.62. The van der Waals surface area contributed by atoms with Gasteiger partial charge in [-0.2, -0.15) is 0 Å². The maximum absolute atomic E-state index is 11.8. The summed E-state index contributed by atoms with van der Waals surface area (Å²) < 4.78 is 1.68. The van der Waals surface area contributed by atoms with Gasteiger partial charge in [-0.1, -0.05) is 0 Å². The molecule has 2 heterocycles. The molecule has 4 N–H and O–H groups in total. The Labute approximate surface area is 92.5 Å². The van der Waals surface area contributed by atoms with Gasteiger partial charge in [0.2, 0.25) is 5.91 Å². The van der Waals surface area contributed by atoms with Crippen LogP contribution in [-0.4, -0.2) is 25.0 Å². The highest BCUT2D eigenvalue weighted by molar-refractivity contribution is 5.77. The molecule has 0 atom stereocenters. The molecule has 0 aliphatic rings. The van der Waals surface area contributed by atoms with Crippen LogP contribution in [0, 0.1) is 0 Å². The van der Waals surface area contributed by atoms with E-state index in [-0.39, 0.29) is 11.2 Å². The van der Waals surface area contributed by atoms with E-state index >= 15 is 0 Å². The number of amides is 1. The van der Waals surface area contributed by atoms with Crippen LogP contribution in [0.3, 0.4) is 0 Å². The van der Waals surface area contributed by atoms with Crippen LogP contribution in [0.4, 0.5) is 0 Å². The molecule has 0 saturated carbocycles. The molecule has 0 radical (unpaired) electrons. The van der Waals surface area contributed by atoms with Crippen LogP contribution in [-0.2, 0) is 18.4 Å². The number of hydrogen-bond acceptors (Lipinski definition) is 4. The third-order valence-corrected chi connectivity index (χ3v) is 2.34. The second-order valence-electron chi connectivity index (χ2n) is 3.50. The number of carbonyl (C=O) groups is 1. The number of rotatable bonds is 2. The van der Waals surface area contributed by atoms with Gasteiger partial charge in [0.1, 0.15) is 12.2 Å². The number of fused-ring (bicyclic) bond motifs is 1. The third kappa shape index (κ3) is 1.57. The van der Waals surface area contributed by atoms with Gasteiger partial charge < -0.3 is 5.73 Å². The van der Waals surface area contributed by atoms with E-state index < -0.39 is 29.4 Å². The van der Waals surface area contributed by atoms with E-state index in [1.54, 1.807) is 0 Å². The molecule has 1 amide bonds. The lowest BCUT2D eigenvalue weighted by atomic mass is 10.5. The number of nitrogens with one attached hydrogen (secondary N) is 2. The zero-order valence-corrected chi connectivity index (χ0v) is 8.81. The van der Waals surface area contributed by atoms with Gasteiger partial charge in [0.05, 0.1) is 0 Å². The van der Waals surface area contributed by atoms with E-state index in [4.69, 9.17) is 5.73 Å². The van der Waals surface area contributed by atoms with E-state index in [9.17, 15) is 19.2 Å². The zero-order chi connectivity index (χ0) is 12.7. The summed E-state index contributed by atoms with van der Waals surface area (Å²) in [6, 6.07) is 0. The molecule has 9 heteroatoms. The van der Waals surface area contributed by atoms with Gasteiger partial charge in [-0.3, -0.25) is 28.7 Å². The fourth-order valence-electron chi connectivity index (χ4n) is 1.53. The molecule has 0 bridgehead atoms. The number of primary amides is 1. The van der Waals surface area contributed by atoms with E-state index in [0.29, 0.717) is 0 Å². The van der Waals surface area contributed by atoms with Gasteiger partial charge in [0.15, 0.2) is 5.52 Å². The molecule has 2 aromatic rings. The van der Waals surface area contributed by atoms with E-state index in [0.717, 1.165) is 9.13 Å². The molecule has 9 nitrogen and oxygen atoms in total. The van der Waals surface area contributed by atoms with Crippen molar-refractivity contribution in [1.29, 1.82) is 0 Å². The van der Waals surface area contributed by atoms with Crippen molar-refractivity contribution in [2.45, 2.75) is 6.54 Å². The molecule has 0 spiro atoms. The Balaban J connectivity index is 2.95. The Morgan fingerprint density at radius 1 is 1.24 bits per heavy atom. The summed E-state index contributed by atoms with van der Waals surface area (Å²) in [4.78, 5) is 49.9. The lowest BCUT2D eigenvalue weighted by Gasteiger charge is -2.00. The summed E-state index contributed by atoms with van der Waals surface area (Å²) in [5.41, 5.74) is 2.84. The van der Waals surface area contributed by atoms with Gasteiger partial charge in [0.25, 0.3) is 5.56 Å². The average molecular weight is 239 g/mol. The molecule has 0 saturated heterocycles. The van der Waals surface area contributed by atoms with Gasteiger partial charge in [-0.05, 0) is 0 Å². The Hall–Kier alpha value is -2.58. The second-order valence-corrected chi connectivity index (χ2v) is 3.50. The highest BCUT2D eigenvalue weighted by Crippen LogP contribution is 1.97. The first-order valence-electron chi connectivity index (χ1n) is 4.62. The van der Waals surface area contributed by atoms with Crippen molar-refractivity contribution in [3.05, 3.63) is 31.3 Å². The predicted octanol–water partition coefficient (Wildman–Crippen LogP) is -2.80. The number of hydrogen-bond donors (Lipinski definition) is 3. The van der Waals surface area contributed by atoms with Crippen LogP contribution in [0.15, 0.2) is 14.4 Å². The Morgan fingerprint density at radius 3 is 2.41 bits per heavy atom. The molecule has 90 valence electrons. The maximum Gasteiger partial charge on any atom is 0.329 e. The Kier molecular flexibility index (Phi) is 2.23. The van der Waals surface area contributed by atoms with Crippen LogP contribution in [0.2, 0.25) is 0 Å². The van der Waals surface area contributed by atoms with Crippen molar-refractivity contribution in [2.75, 3.05) is 0 Å². The highest BCUT2D eigenvalue weighted by atomic mass is 16.2. The summed E-state index contributed by atoms with van der Waals surface area (Å²) in [5.74, 6) is -0.763. The van der Waals surface area contributed by atoms with E-state index in [1.807, 2.05) is 0 Å². The lowest BCUT2D eigenvalue weighted by molar-refractivity contribution is -0.118. The second kappa shape index (κ2) is 3.47. The van der Waals surface area contributed by atoms with Gasteiger partial charge in [-0.15, -0.1) is 0 Å². The molecule has 2 rings (SSSR count). The number of nitrogens with zero attached hydrogens (tertiary/aromatic N) is 2. The molecule has 0 fully saturated rings. The first-order chi connectivity index (χ1) is 7.91. The van der Waals surface area contributed by atoms with Crippen molar-refractivity contribution in [1.82, 2.24) is 19.1 Å². The molecule has 0 aliphatic carbocycles. The minimum Gasteiger partial charge on any atom is -0.368 e. The predicted molar refractivity (Wildman–Crippen MR) is 57.6 cm³/mol. The summed E-state index contributed by atoms with van der Waals surface area (Å²) in [7, 11) is 1.26. The summed E-state index contributed by atoms with van der Waals surface area (Å²) in [6.07, 6.45) is 0. The molecule has 2 aromatic heterocycles. The largest absolute Gasteiger partial charge is 0.368 e. The Morgan fingerprint density at radius 2 is 1.82 bits per heavy atom. The van der Waals surface area contributed by atoms with E-state index in [2.05, 4.69) is 9.97 Å². The molecule has 0 unspecified atom stereocenters. The smallest absolute Gasteiger partial charge is 0.329 e. The normalized spacial score (nSPS) is 10.9. The van der Waals surface area contributed by atoms with Crippen molar-refractivity contribution in [2.24, 2.45) is 12.8 Å². The van der Waals surface area contributed by atoms with Crippen molar-refractivity contribution < 1.29 is 4.79 Å². The van der Waals surface area contributed by atoms with Crippen molar-refractivity contribution in [3.8, 4) is 0 Å². The number of H-pyrrole nitrogens is 2. The van der Waals surface area contributed by atoms with Crippen molar-refractivity contribution in [3.63, 3.8) is 0 Å². The zero-order valence-electron chi connectivity index (χ0n) is 8.81.